The van der Waals surface area contributed by atoms with Crippen molar-refractivity contribution in [3.8, 4) is 23.0 Å². The Morgan fingerprint density at radius 1 is 0.838 bits per heavy atom. The van der Waals surface area contributed by atoms with E-state index in [1.807, 2.05) is 6.07 Å². The Bertz CT molecular complexity index is 1280. The molecule has 0 bridgehead atoms. The molecular weight excluding hydrogens is 478 g/mol. The Labute approximate surface area is 214 Å². The van der Waals surface area contributed by atoms with E-state index in [0.29, 0.717) is 40.5 Å². The van der Waals surface area contributed by atoms with Crippen molar-refractivity contribution in [2.24, 2.45) is 5.10 Å². The van der Waals surface area contributed by atoms with E-state index < -0.39 is 17.8 Å². The fourth-order valence-electron chi connectivity index (χ4n) is 3.15. The molecule has 0 heterocycles. The quantitative estimate of drug-likeness (QED) is 0.177. The molecule has 2 N–H and O–H groups in total. The zero-order chi connectivity index (χ0) is 26.6. The number of hydrogen-bond acceptors (Lipinski definition) is 8. The lowest BCUT2D eigenvalue weighted by atomic mass is 10.2. The molecule has 10 heteroatoms. The van der Waals surface area contributed by atoms with Crippen LogP contribution >= 0.6 is 0 Å². The van der Waals surface area contributed by atoms with Gasteiger partial charge >= 0.3 is 5.97 Å². The number of esters is 1. The first-order chi connectivity index (χ1) is 17.9. The molecule has 37 heavy (non-hydrogen) atoms. The highest BCUT2D eigenvalue weighted by atomic mass is 16.6. The van der Waals surface area contributed by atoms with E-state index >= 15 is 0 Å². The van der Waals surface area contributed by atoms with Gasteiger partial charge in [0.15, 0.2) is 23.0 Å². The normalized spacial score (nSPS) is 10.5. The van der Waals surface area contributed by atoms with Crippen molar-refractivity contribution in [3.05, 3.63) is 83.4 Å². The Morgan fingerprint density at radius 2 is 1.57 bits per heavy atom. The minimum atomic E-state index is -0.525. The third-order valence-corrected chi connectivity index (χ3v) is 4.94. The van der Waals surface area contributed by atoms with E-state index in [1.54, 1.807) is 61.5 Å². The minimum Gasteiger partial charge on any atom is -0.493 e. The van der Waals surface area contributed by atoms with Crippen LogP contribution < -0.4 is 29.7 Å². The second-order valence-corrected chi connectivity index (χ2v) is 7.44. The van der Waals surface area contributed by atoms with E-state index in [4.69, 9.17) is 18.9 Å². The van der Waals surface area contributed by atoms with Crippen molar-refractivity contribution in [2.75, 3.05) is 27.4 Å². The van der Waals surface area contributed by atoms with Gasteiger partial charge in [0, 0.05) is 5.56 Å². The van der Waals surface area contributed by atoms with Gasteiger partial charge in [0.1, 0.15) is 0 Å². The van der Waals surface area contributed by atoms with Gasteiger partial charge in [-0.3, -0.25) is 9.59 Å². The Kier molecular flexibility index (Phi) is 9.60. The van der Waals surface area contributed by atoms with Crippen molar-refractivity contribution in [1.29, 1.82) is 0 Å². The molecule has 0 spiro atoms. The number of benzene rings is 3. The summed E-state index contributed by atoms with van der Waals surface area (Å²) in [5, 5.41) is 6.42. The summed E-state index contributed by atoms with van der Waals surface area (Å²) in [5.74, 6) is 0.00690. The van der Waals surface area contributed by atoms with E-state index in [-0.39, 0.29) is 12.3 Å². The van der Waals surface area contributed by atoms with Crippen LogP contribution in [0.5, 0.6) is 23.0 Å². The lowest BCUT2D eigenvalue weighted by molar-refractivity contribution is -0.120. The van der Waals surface area contributed by atoms with Crippen LogP contribution in [0, 0.1) is 0 Å². The van der Waals surface area contributed by atoms with Gasteiger partial charge < -0.3 is 24.3 Å². The molecule has 0 aliphatic carbocycles. The van der Waals surface area contributed by atoms with Crippen molar-refractivity contribution < 1.29 is 33.3 Å². The molecule has 3 aromatic carbocycles. The number of amides is 2. The maximum absolute atomic E-state index is 12.4. The number of hydrazone groups is 1. The second-order valence-electron chi connectivity index (χ2n) is 7.44. The number of nitrogens with one attached hydrogen (secondary N) is 2. The predicted octanol–water partition coefficient (Wildman–Crippen LogP) is 3.20. The van der Waals surface area contributed by atoms with Gasteiger partial charge in [-0.2, -0.15) is 5.10 Å². The van der Waals surface area contributed by atoms with Gasteiger partial charge in [-0.15, -0.1) is 0 Å². The number of hydrogen-bond donors (Lipinski definition) is 2. The fraction of sp³-hybridized carbons (Fsp3) is 0.185. The molecule has 10 nitrogen and oxygen atoms in total. The first-order valence-corrected chi connectivity index (χ1v) is 11.3. The first-order valence-electron chi connectivity index (χ1n) is 11.3. The van der Waals surface area contributed by atoms with Crippen LogP contribution in [0.3, 0.4) is 0 Å². The predicted molar refractivity (Wildman–Crippen MR) is 137 cm³/mol. The molecule has 3 rings (SSSR count). The number of carbonyl (C=O) groups is 3. The first kappa shape index (κ1) is 26.7. The van der Waals surface area contributed by atoms with Crippen LogP contribution in [0.4, 0.5) is 0 Å². The van der Waals surface area contributed by atoms with Crippen molar-refractivity contribution in [3.63, 3.8) is 0 Å². The number of nitrogens with zero attached hydrogens (tertiary/aromatic N) is 1. The third-order valence-electron chi connectivity index (χ3n) is 4.94. The highest BCUT2D eigenvalue weighted by Gasteiger charge is 2.14. The van der Waals surface area contributed by atoms with Crippen molar-refractivity contribution >= 4 is 24.0 Å². The van der Waals surface area contributed by atoms with E-state index in [2.05, 4.69) is 15.8 Å². The summed E-state index contributed by atoms with van der Waals surface area (Å²) >= 11 is 0. The SMILES string of the molecule is CCOc1cc(/C=N\NC(=O)CNC(=O)c2ccc(OC)c(OC)c2)ccc1OC(=O)c1ccccc1. The van der Waals surface area contributed by atoms with Crippen LogP contribution in [0.25, 0.3) is 0 Å². The molecule has 0 aliphatic rings. The number of methoxy groups -OCH3 is 2. The lowest BCUT2D eigenvalue weighted by Crippen LogP contribution is -2.34. The van der Waals surface area contributed by atoms with Crippen LogP contribution in [-0.4, -0.2) is 51.4 Å². The summed E-state index contributed by atoms with van der Waals surface area (Å²) in [7, 11) is 2.96. The maximum Gasteiger partial charge on any atom is 0.343 e. The number of rotatable bonds is 11. The summed E-state index contributed by atoms with van der Waals surface area (Å²) in [6, 6.07) is 18.2. The third kappa shape index (κ3) is 7.56. The van der Waals surface area contributed by atoms with Gasteiger partial charge in [-0.05, 0) is 61.0 Å². The molecule has 0 unspecified atom stereocenters. The molecule has 0 fully saturated rings. The Hall–Kier alpha value is -4.86. The minimum absolute atomic E-state index is 0.259. The van der Waals surface area contributed by atoms with E-state index in [0.717, 1.165) is 0 Å². The molecule has 0 saturated carbocycles. The molecule has 0 saturated heterocycles. The molecule has 3 aromatic rings. The van der Waals surface area contributed by atoms with Crippen LogP contribution in [0.2, 0.25) is 0 Å². The zero-order valence-electron chi connectivity index (χ0n) is 20.6. The second kappa shape index (κ2) is 13.3. The molecule has 0 aliphatic heterocycles. The molecule has 0 aromatic heterocycles. The Balaban J connectivity index is 1.56. The average Bonchev–Trinajstić information content (AvgIpc) is 2.93. The van der Waals surface area contributed by atoms with Gasteiger partial charge in [0.2, 0.25) is 0 Å². The summed E-state index contributed by atoms with van der Waals surface area (Å²) in [6.45, 7) is 1.87. The average molecular weight is 506 g/mol. The topological polar surface area (TPSA) is 125 Å². The molecular formula is C27H27N3O7. The highest BCUT2D eigenvalue weighted by Crippen LogP contribution is 2.29. The molecule has 0 atom stereocenters. The highest BCUT2D eigenvalue weighted by molar-refractivity contribution is 5.97. The number of carbonyl (C=O) groups excluding carboxylic acids is 3. The zero-order valence-corrected chi connectivity index (χ0v) is 20.6. The summed E-state index contributed by atoms with van der Waals surface area (Å²) < 4.78 is 21.4. The van der Waals surface area contributed by atoms with Crippen LogP contribution in [0.1, 0.15) is 33.2 Å². The lowest BCUT2D eigenvalue weighted by Gasteiger charge is -2.11. The molecule has 192 valence electrons. The smallest absolute Gasteiger partial charge is 0.343 e. The Morgan fingerprint density at radius 3 is 2.27 bits per heavy atom. The fourth-order valence-corrected chi connectivity index (χ4v) is 3.15. The van der Waals surface area contributed by atoms with Crippen LogP contribution in [-0.2, 0) is 4.79 Å². The molecule has 0 radical (unpaired) electrons. The monoisotopic (exact) mass is 505 g/mol. The van der Waals surface area contributed by atoms with Gasteiger partial charge in [-0.1, -0.05) is 18.2 Å². The summed E-state index contributed by atoms with van der Waals surface area (Å²) in [6.07, 6.45) is 1.40. The maximum atomic E-state index is 12.4. The van der Waals surface area contributed by atoms with E-state index in [1.165, 1.54) is 26.5 Å². The largest absolute Gasteiger partial charge is 0.493 e. The summed E-state index contributed by atoms with van der Waals surface area (Å²) in [5.41, 5.74) is 3.66. The van der Waals surface area contributed by atoms with Gasteiger partial charge in [0.25, 0.3) is 11.8 Å². The van der Waals surface area contributed by atoms with E-state index in [9.17, 15) is 14.4 Å². The van der Waals surface area contributed by atoms with Gasteiger partial charge in [-0.25, -0.2) is 10.2 Å². The summed E-state index contributed by atoms with van der Waals surface area (Å²) in [4.78, 5) is 36.8. The number of ether oxygens (including phenoxy) is 4. The van der Waals surface area contributed by atoms with Gasteiger partial charge in [0.05, 0.1) is 39.1 Å². The van der Waals surface area contributed by atoms with Crippen molar-refractivity contribution in [2.45, 2.75) is 6.92 Å². The molecule has 2 amide bonds. The van der Waals surface area contributed by atoms with Crippen molar-refractivity contribution in [1.82, 2.24) is 10.7 Å². The van der Waals surface area contributed by atoms with Crippen LogP contribution in [0.15, 0.2) is 71.8 Å². The standard InChI is InChI=1S/C27H27N3O7/c1-4-36-24-14-18(10-12-22(24)37-27(33)19-8-6-5-7-9-19)16-29-30-25(31)17-28-26(32)20-11-13-21(34-2)23(15-20)35-3/h5-16H,4,17H2,1-3H3,(H,28,32)(H,30,31)/b29-16-.